The van der Waals surface area contributed by atoms with E-state index in [2.05, 4.69) is 5.32 Å². The van der Waals surface area contributed by atoms with Crippen molar-refractivity contribution in [2.45, 2.75) is 67.8 Å². The van der Waals surface area contributed by atoms with Crippen molar-refractivity contribution < 1.29 is 40.5 Å². The molecule has 0 aromatic rings. The molecule has 2 heterocycles. The highest BCUT2D eigenvalue weighted by atomic mass is 16.6. The molecule has 9 nitrogen and oxygen atoms in total. The average Bonchev–Trinajstić information content (AvgIpc) is 2.47. The molecule has 0 spiro atoms. The van der Waals surface area contributed by atoms with E-state index in [1.165, 1.54) is 0 Å². The minimum absolute atomic E-state index is 0.173. The molecule has 0 aromatic heterocycles. The highest BCUT2D eigenvalue weighted by molar-refractivity contribution is 4.99. The van der Waals surface area contributed by atoms with Crippen molar-refractivity contribution in [1.29, 1.82) is 0 Å². The maximum Gasteiger partial charge on any atom is 0.184 e. The van der Waals surface area contributed by atoms with Gasteiger partial charge in [0.15, 0.2) is 6.29 Å². The summed E-state index contributed by atoms with van der Waals surface area (Å²) in [6, 6.07) is -1.27. The third-order valence-electron chi connectivity index (χ3n) is 4.15. The Morgan fingerprint density at radius 3 is 2.29 bits per heavy atom. The molecule has 2 saturated heterocycles. The van der Waals surface area contributed by atoms with Crippen LogP contribution in [0.5, 0.6) is 0 Å². The average molecular weight is 309 g/mol. The normalized spacial score (nSPS) is 49.9. The van der Waals surface area contributed by atoms with Crippen molar-refractivity contribution in [3.8, 4) is 0 Å². The number of ether oxygens (including phenoxy) is 1. The van der Waals surface area contributed by atoms with Crippen molar-refractivity contribution >= 4 is 0 Å². The molecule has 9 heteroatoms. The summed E-state index contributed by atoms with van der Waals surface area (Å²) in [5.41, 5.74) is 0. The molecule has 0 aromatic carbocycles. The summed E-state index contributed by atoms with van der Waals surface area (Å²) in [5, 5.41) is 70.0. The molecule has 9 atom stereocenters. The first-order chi connectivity index (χ1) is 9.85. The molecule has 2 rings (SSSR count). The first-order valence-electron chi connectivity index (χ1n) is 6.96. The van der Waals surface area contributed by atoms with E-state index >= 15 is 0 Å². The number of rotatable bonds is 3. The van der Waals surface area contributed by atoms with E-state index in [0.717, 1.165) is 0 Å². The molecule has 8 N–H and O–H groups in total. The van der Waals surface area contributed by atoms with Crippen LogP contribution in [0.2, 0.25) is 0 Å². The SMILES string of the molecule is OC[C@@H](O)[C@@H]1C[C@H](O)C[C@H]([C@H]2OC(O)[C@H](O)[C@@H](O)[C@H]2O)N1. The van der Waals surface area contributed by atoms with E-state index in [0.29, 0.717) is 0 Å². The fourth-order valence-corrected chi connectivity index (χ4v) is 2.94. The second kappa shape index (κ2) is 6.82. The van der Waals surface area contributed by atoms with Crippen LogP contribution in [0.15, 0.2) is 0 Å². The summed E-state index contributed by atoms with van der Waals surface area (Å²) >= 11 is 0. The van der Waals surface area contributed by atoms with Gasteiger partial charge in [0.1, 0.15) is 24.4 Å². The Bertz CT molecular complexity index is 345. The standard InChI is InChI=1S/C12H23NO8/c14-3-7(16)5-1-4(15)2-6(13-5)11-9(18)8(17)10(19)12(20)21-11/h4-20H,1-3H2/t4-,5-,6+,7+,8-,9+,10+,11+,12?/m0/s1. The van der Waals surface area contributed by atoms with Crippen molar-refractivity contribution in [3.05, 3.63) is 0 Å². The Morgan fingerprint density at radius 2 is 1.67 bits per heavy atom. The fourth-order valence-electron chi connectivity index (χ4n) is 2.94. The predicted octanol–water partition coefficient (Wildman–Crippen LogP) is -4.38. The first kappa shape index (κ1) is 17.0. The molecule has 1 unspecified atom stereocenters. The van der Waals surface area contributed by atoms with E-state index in [1.54, 1.807) is 0 Å². The van der Waals surface area contributed by atoms with E-state index in [-0.39, 0.29) is 12.8 Å². The van der Waals surface area contributed by atoms with Gasteiger partial charge in [-0.25, -0.2) is 0 Å². The summed E-state index contributed by atoms with van der Waals surface area (Å²) < 4.78 is 5.11. The van der Waals surface area contributed by atoms with Crippen LogP contribution in [0.3, 0.4) is 0 Å². The molecule has 21 heavy (non-hydrogen) atoms. The van der Waals surface area contributed by atoms with Gasteiger partial charge in [0.05, 0.1) is 18.8 Å². The molecule has 0 radical (unpaired) electrons. The van der Waals surface area contributed by atoms with Crippen molar-refractivity contribution in [2.75, 3.05) is 6.61 Å². The quantitative estimate of drug-likeness (QED) is 0.257. The molecule has 0 amide bonds. The Kier molecular flexibility index (Phi) is 5.52. The second-order valence-electron chi connectivity index (χ2n) is 5.72. The third-order valence-corrected chi connectivity index (χ3v) is 4.15. The molecule has 0 saturated carbocycles. The number of nitrogens with one attached hydrogen (secondary N) is 1. The molecule has 0 aliphatic carbocycles. The van der Waals surface area contributed by atoms with Gasteiger partial charge in [0, 0.05) is 12.1 Å². The van der Waals surface area contributed by atoms with Crippen molar-refractivity contribution in [3.63, 3.8) is 0 Å². The number of aliphatic hydroxyl groups excluding tert-OH is 7. The number of aliphatic hydroxyl groups is 7. The highest BCUT2D eigenvalue weighted by Crippen LogP contribution is 2.27. The Labute approximate surface area is 121 Å². The summed E-state index contributed by atoms with van der Waals surface area (Å²) in [6.45, 7) is -0.491. The van der Waals surface area contributed by atoms with Crippen molar-refractivity contribution in [2.24, 2.45) is 0 Å². The fraction of sp³-hybridized carbons (Fsp3) is 1.00. The van der Waals surface area contributed by atoms with Gasteiger partial charge in [-0.2, -0.15) is 0 Å². The van der Waals surface area contributed by atoms with Crippen LogP contribution < -0.4 is 5.32 Å². The van der Waals surface area contributed by atoms with Gasteiger partial charge in [-0.05, 0) is 12.8 Å². The largest absolute Gasteiger partial charge is 0.394 e. The van der Waals surface area contributed by atoms with E-state index in [9.17, 15) is 30.6 Å². The Balaban J connectivity index is 2.08. The lowest BCUT2D eigenvalue weighted by Crippen LogP contribution is -2.66. The summed E-state index contributed by atoms with van der Waals surface area (Å²) in [7, 11) is 0. The molecule has 124 valence electrons. The van der Waals surface area contributed by atoms with Crippen LogP contribution >= 0.6 is 0 Å². The van der Waals surface area contributed by atoms with Gasteiger partial charge in [0.2, 0.25) is 0 Å². The number of hydrogen-bond acceptors (Lipinski definition) is 9. The van der Waals surface area contributed by atoms with Gasteiger partial charge in [0.25, 0.3) is 0 Å². The van der Waals surface area contributed by atoms with Gasteiger partial charge >= 0.3 is 0 Å². The van der Waals surface area contributed by atoms with E-state index < -0.39 is 61.6 Å². The second-order valence-corrected chi connectivity index (χ2v) is 5.72. The topological polar surface area (TPSA) is 163 Å². The maximum atomic E-state index is 9.97. The maximum absolute atomic E-state index is 9.97. The van der Waals surface area contributed by atoms with E-state index in [4.69, 9.17) is 9.84 Å². The zero-order valence-electron chi connectivity index (χ0n) is 11.4. The zero-order valence-corrected chi connectivity index (χ0v) is 11.4. The molecule has 2 aliphatic heterocycles. The predicted molar refractivity (Wildman–Crippen MR) is 67.9 cm³/mol. The minimum Gasteiger partial charge on any atom is -0.394 e. The van der Waals surface area contributed by atoms with Crippen LogP contribution in [0, 0.1) is 0 Å². The number of piperidine rings is 1. The van der Waals surface area contributed by atoms with Crippen LogP contribution in [-0.2, 0) is 4.74 Å². The Hall–Kier alpha value is -0.360. The van der Waals surface area contributed by atoms with E-state index in [1.807, 2.05) is 0 Å². The lowest BCUT2D eigenvalue weighted by atomic mass is 9.85. The molecule has 2 fully saturated rings. The zero-order chi connectivity index (χ0) is 15.7. The summed E-state index contributed by atoms with van der Waals surface area (Å²) in [4.78, 5) is 0. The smallest absolute Gasteiger partial charge is 0.184 e. The third kappa shape index (κ3) is 3.52. The molecular weight excluding hydrogens is 286 g/mol. The summed E-state index contributed by atoms with van der Waals surface area (Å²) in [5.74, 6) is 0. The monoisotopic (exact) mass is 309 g/mol. The van der Waals surface area contributed by atoms with Gasteiger partial charge in [-0.1, -0.05) is 0 Å². The molecule has 2 aliphatic rings. The van der Waals surface area contributed by atoms with Crippen LogP contribution in [0.4, 0.5) is 0 Å². The Morgan fingerprint density at radius 1 is 1.00 bits per heavy atom. The lowest BCUT2D eigenvalue weighted by Gasteiger charge is -2.45. The van der Waals surface area contributed by atoms with Gasteiger partial charge in [-0.15, -0.1) is 0 Å². The minimum atomic E-state index is -1.66. The molecular formula is C12H23NO8. The van der Waals surface area contributed by atoms with Crippen LogP contribution in [0.1, 0.15) is 12.8 Å². The van der Waals surface area contributed by atoms with Crippen LogP contribution in [0.25, 0.3) is 0 Å². The summed E-state index contributed by atoms with van der Waals surface area (Å²) in [6.07, 6.45) is -8.89. The highest BCUT2D eigenvalue weighted by Gasteiger charge is 2.48. The molecule has 0 bridgehead atoms. The van der Waals surface area contributed by atoms with Gasteiger partial charge < -0.3 is 45.8 Å². The van der Waals surface area contributed by atoms with Crippen LogP contribution in [-0.4, -0.2) is 97.4 Å². The lowest BCUT2D eigenvalue weighted by molar-refractivity contribution is -0.289. The first-order valence-corrected chi connectivity index (χ1v) is 6.96. The van der Waals surface area contributed by atoms with Crippen molar-refractivity contribution in [1.82, 2.24) is 5.32 Å². The number of hydrogen-bond donors (Lipinski definition) is 8. The van der Waals surface area contributed by atoms with Gasteiger partial charge in [-0.3, -0.25) is 0 Å².